The normalized spacial score (nSPS) is 16.7. The van der Waals surface area contributed by atoms with Crippen molar-refractivity contribution in [3.8, 4) is 49.9 Å². The lowest BCUT2D eigenvalue weighted by Crippen LogP contribution is -2.41. The minimum atomic E-state index is -1.05. The fraction of sp³-hybridized carbons (Fsp3) is 0.294. The Hall–Kier alpha value is -7.38. The van der Waals surface area contributed by atoms with Crippen molar-refractivity contribution in [2.75, 3.05) is 20.7 Å². The molecule has 1 aliphatic rings. The van der Waals surface area contributed by atoms with Gasteiger partial charge < -0.3 is 30.7 Å². The van der Waals surface area contributed by atoms with Crippen LogP contribution in [-0.4, -0.2) is 91.0 Å². The number of amides is 4. The van der Waals surface area contributed by atoms with E-state index in [2.05, 4.69) is 31.1 Å². The van der Waals surface area contributed by atoms with Crippen molar-refractivity contribution in [3.63, 3.8) is 0 Å². The molecule has 20 nitrogen and oxygen atoms in total. The molecule has 1 aliphatic heterocycles. The fourth-order valence-corrected chi connectivity index (χ4v) is 13.7. The lowest BCUT2D eigenvalue weighted by atomic mass is 9.90. The number of benzene rings is 1. The summed E-state index contributed by atoms with van der Waals surface area (Å²) in [5, 5.41) is 20.8. The summed E-state index contributed by atoms with van der Waals surface area (Å²) in [4.78, 5) is 121. The number of nitrogens with zero attached hydrogens (tertiary/aromatic N) is 8. The Kier molecular flexibility index (Phi) is 16.9. The van der Waals surface area contributed by atoms with Crippen LogP contribution in [0.15, 0.2) is 64.0 Å². The minimum absolute atomic E-state index is 0.0281. The van der Waals surface area contributed by atoms with Crippen LogP contribution in [0, 0.1) is 19.4 Å². The van der Waals surface area contributed by atoms with E-state index in [1.54, 1.807) is 53.4 Å². The van der Waals surface area contributed by atoms with Crippen molar-refractivity contribution in [2.45, 2.75) is 71.2 Å². The number of aromatic nitrogens is 7. The van der Waals surface area contributed by atoms with Crippen molar-refractivity contribution in [2.24, 2.45) is 5.92 Å². The van der Waals surface area contributed by atoms with Gasteiger partial charge in [-0.3, -0.25) is 28.8 Å². The molecule has 8 aromatic rings. The van der Waals surface area contributed by atoms with Crippen LogP contribution >= 0.6 is 68.0 Å². The summed E-state index contributed by atoms with van der Waals surface area (Å²) in [6, 6.07) is 10.5. The SMILES string of the molecule is C#[N+]c1csc(-c2ccc3c(n2)-c2csc(n2)-c2csc(n2)[C@H](C(OC(C)=O)c2ccccc2)NC(=O)CNC(=O)c2nc(sc2COC)[C@@H](C(C)C)CC(=O)c2nc(sc2C)[C@H](CC(=O)NC)NC(=O)c2csc-3n2)n1. The maximum absolute atomic E-state index is 14.3. The maximum atomic E-state index is 14.3. The number of carbonyl (C=O) groups is 6. The number of carbonyl (C=O) groups excluding carboxylic acids is 6. The average Bonchev–Trinajstić information content (AvgIpc) is 4.30. The molecule has 7 aromatic heterocycles. The van der Waals surface area contributed by atoms with Gasteiger partial charge in [-0.15, -0.1) is 56.7 Å². The van der Waals surface area contributed by atoms with Crippen LogP contribution in [0.3, 0.4) is 0 Å². The van der Waals surface area contributed by atoms with Crippen LogP contribution in [-0.2, 0) is 30.5 Å². The summed E-state index contributed by atoms with van der Waals surface area (Å²) in [7, 11) is 2.97. The molecule has 8 heterocycles. The van der Waals surface area contributed by atoms with Crippen LogP contribution in [0.5, 0.6) is 0 Å². The van der Waals surface area contributed by atoms with Gasteiger partial charge in [0.05, 0.1) is 35.5 Å². The van der Waals surface area contributed by atoms with E-state index in [1.807, 2.05) is 31.4 Å². The standard InChI is InChI=1S/C51H46N12O8S6/c1-23(2)28-15-34(65)39-24(3)76-50(62-39)30(16-37(66)53-6)56-44(68)32-20-72-46(58-32)27-13-14-29(48-60-36(52-5)22-75-48)55-40(27)31-19-73-49(57-31)33-21-74-51(59-33)42(43(71-25(4)64)26-11-9-8-10-12-26)61-38(67)17-54-45(69)41-35(18-70-7)77-47(28)63-41/h5,8-14,19-23,28,30,42-43H,15-18H2,1-4,6-7H3,(H3-,53,54,56,61,66,67,68,69)/p+1/t28-,30+,42+,43?/m1/s1. The molecule has 10 bridgehead atoms. The van der Waals surface area contributed by atoms with E-state index in [-0.39, 0.29) is 54.1 Å². The summed E-state index contributed by atoms with van der Waals surface area (Å²) in [6.45, 7) is 12.0. The second-order valence-corrected chi connectivity index (χ2v) is 23.5. The van der Waals surface area contributed by atoms with Gasteiger partial charge in [-0.25, -0.2) is 29.9 Å². The van der Waals surface area contributed by atoms with E-state index in [9.17, 15) is 28.8 Å². The van der Waals surface area contributed by atoms with Gasteiger partial charge in [0.2, 0.25) is 11.8 Å². The summed E-state index contributed by atoms with van der Waals surface area (Å²) in [6.07, 6.45) is -1.26. The highest BCUT2D eigenvalue weighted by Crippen LogP contribution is 2.41. The zero-order valence-electron chi connectivity index (χ0n) is 41.9. The predicted octanol–water partition coefficient (Wildman–Crippen LogP) is 9.36. The molecule has 0 aliphatic carbocycles. The first-order chi connectivity index (χ1) is 37.1. The molecule has 26 heteroatoms. The van der Waals surface area contributed by atoms with Gasteiger partial charge in [-0.2, -0.15) is 4.85 Å². The highest BCUT2D eigenvalue weighted by atomic mass is 32.1. The molecular formula is C51H47N12O8S6+. The monoisotopic (exact) mass is 1150 g/mol. The Morgan fingerprint density at radius 1 is 0.766 bits per heavy atom. The second-order valence-electron chi connectivity index (χ2n) is 17.6. The number of fused-ring (bicyclic) bond motifs is 14. The quantitative estimate of drug-likeness (QED) is 0.0981. The molecule has 4 amide bonds. The first kappa shape index (κ1) is 54.4. The van der Waals surface area contributed by atoms with E-state index in [0.717, 1.165) is 0 Å². The Bertz CT molecular complexity index is 3570. The number of ketones is 1. The number of thiazole rings is 6. The number of Topliss-reactive ketones (excluding diaryl/α,β-unsaturated/α-hetero) is 1. The number of ether oxygens (including phenoxy) is 2. The van der Waals surface area contributed by atoms with Gasteiger partial charge in [-0.1, -0.05) is 55.5 Å². The molecule has 9 rings (SSSR count). The Morgan fingerprint density at radius 2 is 1.48 bits per heavy atom. The number of esters is 1. The van der Waals surface area contributed by atoms with Crippen LogP contribution in [0.1, 0.15) is 120 Å². The molecule has 77 heavy (non-hydrogen) atoms. The van der Waals surface area contributed by atoms with Gasteiger partial charge in [-0.05, 0) is 35.5 Å². The van der Waals surface area contributed by atoms with Gasteiger partial charge in [0.15, 0.2) is 11.9 Å². The van der Waals surface area contributed by atoms with Crippen LogP contribution in [0.25, 0.3) is 48.2 Å². The van der Waals surface area contributed by atoms with E-state index < -0.39 is 54.3 Å². The smallest absolute Gasteiger partial charge is 0.436 e. The predicted molar refractivity (Wildman–Crippen MR) is 296 cm³/mol. The highest BCUT2D eigenvalue weighted by molar-refractivity contribution is 7.15. The average molecular weight is 1150 g/mol. The number of aryl methyl sites for hydroxylation is 1. The molecule has 394 valence electrons. The molecule has 1 unspecified atom stereocenters. The van der Waals surface area contributed by atoms with Crippen molar-refractivity contribution in [1.82, 2.24) is 56.2 Å². The van der Waals surface area contributed by atoms with E-state index >= 15 is 0 Å². The molecule has 0 fully saturated rings. The number of pyridine rings is 1. The summed E-state index contributed by atoms with van der Waals surface area (Å²) < 4.78 is 11.4. The van der Waals surface area contributed by atoms with Crippen molar-refractivity contribution in [3.05, 3.63) is 116 Å². The minimum Gasteiger partial charge on any atom is -0.455 e. The Morgan fingerprint density at radius 3 is 2.21 bits per heavy atom. The van der Waals surface area contributed by atoms with Gasteiger partial charge >= 0.3 is 11.8 Å². The van der Waals surface area contributed by atoms with E-state index in [1.165, 1.54) is 89.1 Å². The van der Waals surface area contributed by atoms with Crippen LogP contribution in [0.2, 0.25) is 0 Å². The molecule has 4 N–H and O–H groups in total. The van der Waals surface area contributed by atoms with Crippen LogP contribution in [0.4, 0.5) is 5.82 Å². The third-order valence-electron chi connectivity index (χ3n) is 12.0. The third-order valence-corrected chi connectivity index (χ3v) is 17.8. The first-order valence-electron chi connectivity index (χ1n) is 23.7. The van der Waals surface area contributed by atoms with Crippen molar-refractivity contribution in [1.29, 1.82) is 0 Å². The Balaban J connectivity index is 1.15. The van der Waals surface area contributed by atoms with E-state index in [4.69, 9.17) is 45.9 Å². The molecule has 4 atom stereocenters. The number of hydrogen-bond acceptors (Lipinski definition) is 21. The zero-order valence-corrected chi connectivity index (χ0v) is 46.8. The fourth-order valence-electron chi connectivity index (χ4n) is 8.19. The Labute approximate surface area is 464 Å². The lowest BCUT2D eigenvalue weighted by molar-refractivity contribution is -0.149. The largest absolute Gasteiger partial charge is 0.455 e. The number of rotatable bonds is 9. The van der Waals surface area contributed by atoms with Crippen molar-refractivity contribution >= 4 is 109 Å². The topological polar surface area (TPSA) is 264 Å². The summed E-state index contributed by atoms with van der Waals surface area (Å²) in [5.41, 5.74) is 3.20. The molecule has 0 saturated carbocycles. The molecular weight excluding hydrogens is 1100 g/mol. The van der Waals surface area contributed by atoms with Gasteiger partial charge in [0.1, 0.15) is 77.9 Å². The van der Waals surface area contributed by atoms with E-state index in [0.29, 0.717) is 79.5 Å². The zero-order chi connectivity index (χ0) is 54.5. The van der Waals surface area contributed by atoms with Crippen LogP contribution < -0.4 is 21.3 Å². The third kappa shape index (κ3) is 12.3. The highest BCUT2D eigenvalue weighted by Gasteiger charge is 2.35. The van der Waals surface area contributed by atoms with Crippen molar-refractivity contribution < 1.29 is 38.2 Å². The summed E-state index contributed by atoms with van der Waals surface area (Å²) in [5.74, 6) is -3.40. The molecule has 0 saturated heterocycles. The van der Waals surface area contributed by atoms with Gasteiger partial charge in [0.25, 0.3) is 16.8 Å². The molecule has 0 spiro atoms. The molecule has 1 aromatic carbocycles. The van der Waals surface area contributed by atoms with Gasteiger partial charge in [0, 0.05) is 60.0 Å². The maximum Gasteiger partial charge on any atom is 0.436 e. The second kappa shape index (κ2) is 23.9. The first-order valence-corrected chi connectivity index (χ1v) is 28.8. The molecule has 0 radical (unpaired) electrons. The summed E-state index contributed by atoms with van der Waals surface area (Å²) >= 11 is 7.43. The number of hydrogen-bond donors (Lipinski definition) is 4. The number of methoxy groups -OCH3 is 1. The number of nitrogens with one attached hydrogen (secondary N) is 4. The lowest BCUT2D eigenvalue weighted by Gasteiger charge is -2.26.